The first-order valence-electron chi connectivity index (χ1n) is 13.8. The van der Waals surface area contributed by atoms with Gasteiger partial charge in [0.05, 0.1) is 50.5 Å². The van der Waals surface area contributed by atoms with Gasteiger partial charge in [0.2, 0.25) is 0 Å². The van der Waals surface area contributed by atoms with E-state index in [1.807, 2.05) is 6.07 Å². The molecule has 0 spiro atoms. The molecule has 0 amide bonds. The van der Waals surface area contributed by atoms with Crippen molar-refractivity contribution in [1.82, 2.24) is 30.0 Å². The average molecular weight is 655 g/mol. The number of ether oxygens (including phenoxy) is 2. The van der Waals surface area contributed by atoms with Crippen molar-refractivity contribution in [3.63, 3.8) is 0 Å². The van der Waals surface area contributed by atoms with Gasteiger partial charge in [-0.25, -0.2) is 33.4 Å². The summed E-state index contributed by atoms with van der Waals surface area (Å²) in [5.74, 6) is -3.96. The molecule has 6 rings (SSSR count). The van der Waals surface area contributed by atoms with Crippen molar-refractivity contribution in [3.05, 3.63) is 71.3 Å². The third-order valence-corrected chi connectivity index (χ3v) is 11.9. The minimum Gasteiger partial charge on any atom is -0.395 e. The monoisotopic (exact) mass is 654 g/mol. The molecule has 2 aliphatic heterocycles. The number of aromatic nitrogens is 6. The number of halogens is 4. The summed E-state index contributed by atoms with van der Waals surface area (Å²) in [6.07, 6.45) is 0.357. The molecular formula is C28H30ClF3N6O5S. The number of methoxy groups -OCH3 is 1. The minimum atomic E-state index is -1.59. The highest BCUT2D eigenvalue weighted by Crippen LogP contribution is 2.51. The first-order chi connectivity index (χ1) is 21.2. The summed E-state index contributed by atoms with van der Waals surface area (Å²) in [5.41, 5.74) is 1.37. The molecule has 1 unspecified atom stereocenters. The fraction of sp³-hybridized carbons (Fsp3) is 0.429. The van der Waals surface area contributed by atoms with E-state index in [1.165, 1.54) is 18.0 Å². The first kappa shape index (κ1) is 31.0. The van der Waals surface area contributed by atoms with E-state index >= 15 is 0 Å². The Hall–Kier alpha value is -3.05. The van der Waals surface area contributed by atoms with Crippen LogP contribution in [0.15, 0.2) is 48.8 Å². The van der Waals surface area contributed by atoms with Crippen molar-refractivity contribution in [2.45, 2.75) is 40.9 Å². The zero-order chi connectivity index (χ0) is 31.1. The Morgan fingerprint density at radius 2 is 1.66 bits per heavy atom. The minimum absolute atomic E-state index is 0.0342. The van der Waals surface area contributed by atoms with E-state index in [1.54, 1.807) is 29.1 Å². The number of hydrogen-bond donors (Lipinski definition) is 4. The molecular weight excluding hydrogens is 625 g/mol. The lowest BCUT2D eigenvalue weighted by molar-refractivity contribution is -0.0339. The fourth-order valence-electron chi connectivity index (χ4n) is 5.99. The molecule has 2 saturated heterocycles. The second-order valence-corrected chi connectivity index (χ2v) is 14.0. The summed E-state index contributed by atoms with van der Waals surface area (Å²) >= 11 is 6.12. The number of hydrogen-bond acceptors (Lipinski definition) is 9. The molecule has 0 aliphatic carbocycles. The van der Waals surface area contributed by atoms with Crippen LogP contribution in [-0.4, -0.2) is 107 Å². The fourth-order valence-corrected chi connectivity index (χ4v) is 9.67. The summed E-state index contributed by atoms with van der Waals surface area (Å²) < 4.78 is 55.7. The maximum Gasteiger partial charge on any atom is 0.194 e. The summed E-state index contributed by atoms with van der Waals surface area (Å²) in [6.45, 7) is 0.0126. The first-order valence-corrected chi connectivity index (χ1v) is 15.8. The molecule has 0 saturated carbocycles. The Balaban J connectivity index is 1.23. The second kappa shape index (κ2) is 12.7. The van der Waals surface area contributed by atoms with Gasteiger partial charge in [0.1, 0.15) is 23.5 Å². The van der Waals surface area contributed by atoms with Crippen molar-refractivity contribution >= 4 is 22.5 Å². The zero-order valence-corrected chi connectivity index (χ0v) is 24.9. The average Bonchev–Trinajstić information content (AvgIpc) is 3.70. The topological polar surface area (TPSA) is 141 Å². The molecule has 3 N–H and O–H groups in total. The molecule has 2 aromatic carbocycles. The third kappa shape index (κ3) is 5.73. The molecule has 11 nitrogen and oxygen atoms in total. The largest absolute Gasteiger partial charge is 0.395 e. The van der Waals surface area contributed by atoms with E-state index in [4.69, 9.17) is 21.1 Å². The smallest absolute Gasteiger partial charge is 0.194 e. The predicted molar refractivity (Wildman–Crippen MR) is 156 cm³/mol. The highest BCUT2D eigenvalue weighted by atomic mass is 35.5. The van der Waals surface area contributed by atoms with Crippen LogP contribution in [0.5, 0.6) is 0 Å². The lowest BCUT2D eigenvalue weighted by atomic mass is 10.0. The molecule has 236 valence electrons. The molecule has 2 fully saturated rings. The second-order valence-electron chi connectivity index (χ2n) is 10.8. The van der Waals surface area contributed by atoms with Crippen LogP contribution in [0.2, 0.25) is 5.02 Å². The highest BCUT2D eigenvalue weighted by Gasteiger charge is 2.49. The molecule has 4 aromatic rings. The van der Waals surface area contributed by atoms with E-state index in [2.05, 4.69) is 20.6 Å². The highest BCUT2D eigenvalue weighted by molar-refractivity contribution is 8.18. The standard InChI is InChI=1S/C28H30ClF3N6O5S/c1-42-22-13-44(24-12-43-11-21(27(24)40)37-8-19(33-35-37)14-3-2-4-16(29)5-14)23(10-39)28(41)26(22)38-9-20(34-36-38)15-6-17(30)25(32)18(31)7-15/h2-9,21-24,26-28,39-41,44H,10-13H2,1H3/t21-,22-,23+,24+,26+,27+,28-/m0/s1. The quantitative estimate of drug-likeness (QED) is 0.175. The summed E-state index contributed by atoms with van der Waals surface area (Å²) in [4.78, 5) is 0. The third-order valence-electron chi connectivity index (χ3n) is 8.29. The van der Waals surface area contributed by atoms with Crippen molar-refractivity contribution in [2.24, 2.45) is 0 Å². The molecule has 0 bridgehead atoms. The van der Waals surface area contributed by atoms with Gasteiger partial charge in [-0.05, 0) is 24.3 Å². The Bertz CT molecular complexity index is 1610. The number of aliphatic hydroxyl groups excluding tert-OH is 3. The summed E-state index contributed by atoms with van der Waals surface area (Å²) in [7, 11) is 0.192. The van der Waals surface area contributed by atoms with Crippen LogP contribution in [0.3, 0.4) is 0 Å². The molecule has 2 aromatic heterocycles. The SMILES string of the molecule is CO[C@H]1C[SH]([C@@H]2COC[C@H](n3cc(-c4cccc(Cl)c4)nn3)[C@H]2O)[C@H](CO)[C@H](O)[C@@H]1n1cc(-c2cc(F)c(F)c(F)c2)nn1. The summed E-state index contributed by atoms with van der Waals surface area (Å²) in [5, 5.41) is 49.6. The number of rotatable bonds is 7. The van der Waals surface area contributed by atoms with Crippen LogP contribution >= 0.6 is 22.5 Å². The Morgan fingerprint density at radius 3 is 2.34 bits per heavy atom. The van der Waals surface area contributed by atoms with Crippen LogP contribution < -0.4 is 0 Å². The van der Waals surface area contributed by atoms with Crippen LogP contribution in [0.25, 0.3) is 22.5 Å². The maximum atomic E-state index is 13.8. The predicted octanol–water partition coefficient (Wildman–Crippen LogP) is 2.57. The van der Waals surface area contributed by atoms with Gasteiger partial charge in [0.25, 0.3) is 0 Å². The van der Waals surface area contributed by atoms with Crippen LogP contribution in [0.4, 0.5) is 13.2 Å². The normalized spacial score (nSPS) is 30.0. The van der Waals surface area contributed by atoms with Crippen LogP contribution in [0, 0.1) is 17.5 Å². The molecule has 8 atom stereocenters. The van der Waals surface area contributed by atoms with Crippen molar-refractivity contribution in [3.8, 4) is 22.5 Å². The van der Waals surface area contributed by atoms with Gasteiger partial charge in [-0.3, -0.25) is 0 Å². The molecule has 2 aliphatic rings. The van der Waals surface area contributed by atoms with Crippen LogP contribution in [-0.2, 0) is 9.47 Å². The number of benzene rings is 2. The van der Waals surface area contributed by atoms with E-state index in [-0.39, 0.29) is 31.1 Å². The maximum absolute atomic E-state index is 13.8. The zero-order valence-electron chi connectivity index (χ0n) is 23.3. The van der Waals surface area contributed by atoms with E-state index in [9.17, 15) is 28.5 Å². The number of aliphatic hydroxyl groups is 3. The van der Waals surface area contributed by atoms with Gasteiger partial charge < -0.3 is 24.8 Å². The van der Waals surface area contributed by atoms with E-state index in [0.29, 0.717) is 16.5 Å². The number of thiol groups is 1. The number of nitrogens with zero attached hydrogens (tertiary/aromatic N) is 6. The van der Waals surface area contributed by atoms with Gasteiger partial charge in [0.15, 0.2) is 17.5 Å². The van der Waals surface area contributed by atoms with Gasteiger partial charge in [0, 0.05) is 39.5 Å². The van der Waals surface area contributed by atoms with Crippen molar-refractivity contribution in [2.75, 3.05) is 32.7 Å². The van der Waals surface area contributed by atoms with E-state index in [0.717, 1.165) is 17.7 Å². The van der Waals surface area contributed by atoms with Crippen molar-refractivity contribution < 1.29 is 38.0 Å². The Kier molecular flexibility index (Phi) is 8.97. The van der Waals surface area contributed by atoms with Crippen molar-refractivity contribution in [1.29, 1.82) is 0 Å². The van der Waals surface area contributed by atoms with Gasteiger partial charge in [-0.1, -0.05) is 34.2 Å². The summed E-state index contributed by atoms with van der Waals surface area (Å²) in [6, 6.07) is 7.40. The van der Waals surface area contributed by atoms with Gasteiger partial charge in [-0.2, -0.15) is 0 Å². The Labute approximate surface area is 257 Å². The van der Waals surface area contributed by atoms with Gasteiger partial charge in [-0.15, -0.1) is 10.2 Å². The van der Waals surface area contributed by atoms with Crippen LogP contribution in [0.1, 0.15) is 12.1 Å². The lowest BCUT2D eigenvalue weighted by Gasteiger charge is -2.51. The lowest BCUT2D eigenvalue weighted by Crippen LogP contribution is -2.55. The van der Waals surface area contributed by atoms with E-state index < -0.39 is 69.2 Å². The molecule has 4 heterocycles. The molecule has 16 heteroatoms. The molecule has 0 radical (unpaired) electrons. The Morgan fingerprint density at radius 1 is 0.977 bits per heavy atom. The molecule has 44 heavy (non-hydrogen) atoms. The van der Waals surface area contributed by atoms with Gasteiger partial charge >= 0.3 is 0 Å².